The van der Waals surface area contributed by atoms with Crippen molar-refractivity contribution in [3.05, 3.63) is 34.6 Å². The van der Waals surface area contributed by atoms with E-state index in [0.29, 0.717) is 10.9 Å². The lowest BCUT2D eigenvalue weighted by Crippen LogP contribution is -2.36. The second-order valence-electron chi connectivity index (χ2n) is 5.14. The molecule has 1 aromatic carbocycles. The topological polar surface area (TPSA) is 15.3 Å². The zero-order valence-corrected chi connectivity index (χ0v) is 12.7. The fourth-order valence-electron chi connectivity index (χ4n) is 2.53. The highest BCUT2D eigenvalue weighted by atomic mass is 35.5. The number of hydrogen-bond donors (Lipinski definition) is 1. The van der Waals surface area contributed by atoms with Gasteiger partial charge in [0, 0.05) is 18.1 Å². The molecule has 0 radical (unpaired) electrons. The quantitative estimate of drug-likeness (QED) is 0.918. The Morgan fingerprint density at radius 2 is 2.26 bits per heavy atom. The van der Waals surface area contributed by atoms with Gasteiger partial charge in [-0.1, -0.05) is 17.7 Å². The van der Waals surface area contributed by atoms with Gasteiger partial charge < -0.3 is 10.2 Å². The van der Waals surface area contributed by atoms with Gasteiger partial charge in [-0.2, -0.15) is 0 Å². The van der Waals surface area contributed by atoms with Crippen molar-refractivity contribution in [3.8, 4) is 0 Å². The number of piperidine rings is 1. The Balaban J connectivity index is 0.00000180. The molecule has 5 heteroatoms. The lowest BCUT2D eigenvalue weighted by Gasteiger charge is -2.27. The van der Waals surface area contributed by atoms with Crippen LogP contribution < -0.4 is 5.32 Å². The Kier molecular flexibility index (Phi) is 7.08. The third kappa shape index (κ3) is 5.27. The molecule has 1 atom stereocenters. The lowest BCUT2D eigenvalue weighted by molar-refractivity contribution is 0.237. The molecule has 1 heterocycles. The van der Waals surface area contributed by atoms with E-state index in [1.165, 1.54) is 25.0 Å². The molecule has 1 aliphatic rings. The Bertz CT molecular complexity index is 395. The smallest absolute Gasteiger partial charge is 0.124 e. The second-order valence-corrected chi connectivity index (χ2v) is 5.55. The monoisotopic (exact) mass is 306 g/mol. The van der Waals surface area contributed by atoms with Crippen molar-refractivity contribution in [3.63, 3.8) is 0 Å². The molecule has 1 aliphatic heterocycles. The highest BCUT2D eigenvalue weighted by Crippen LogP contribution is 2.19. The zero-order chi connectivity index (χ0) is 13.0. The van der Waals surface area contributed by atoms with Gasteiger partial charge >= 0.3 is 0 Å². The van der Waals surface area contributed by atoms with Gasteiger partial charge in [0.15, 0.2) is 0 Å². The third-order valence-electron chi connectivity index (χ3n) is 3.42. The van der Waals surface area contributed by atoms with Crippen molar-refractivity contribution < 1.29 is 4.39 Å². The third-order valence-corrected chi connectivity index (χ3v) is 3.78. The van der Waals surface area contributed by atoms with E-state index in [4.69, 9.17) is 11.6 Å². The number of rotatable bonds is 4. The average molecular weight is 307 g/mol. The summed E-state index contributed by atoms with van der Waals surface area (Å²) >= 11 is 6.04. The minimum atomic E-state index is -0.275. The summed E-state index contributed by atoms with van der Waals surface area (Å²) in [5.74, 6) is 0.436. The first-order valence-corrected chi connectivity index (χ1v) is 6.86. The SMILES string of the molecule is CN(Cc1ccc(F)cc1Cl)CC1CCCNC1.Cl. The summed E-state index contributed by atoms with van der Waals surface area (Å²) in [5, 5.41) is 3.94. The zero-order valence-electron chi connectivity index (χ0n) is 11.2. The Labute approximate surface area is 125 Å². The van der Waals surface area contributed by atoms with Gasteiger partial charge in [0.1, 0.15) is 5.82 Å². The van der Waals surface area contributed by atoms with Gasteiger partial charge in [0.05, 0.1) is 0 Å². The van der Waals surface area contributed by atoms with Crippen LogP contribution in [0.4, 0.5) is 4.39 Å². The summed E-state index contributed by atoms with van der Waals surface area (Å²) < 4.78 is 13.0. The molecule has 0 aromatic heterocycles. The van der Waals surface area contributed by atoms with Gasteiger partial charge in [-0.25, -0.2) is 4.39 Å². The number of nitrogens with zero attached hydrogens (tertiary/aromatic N) is 1. The van der Waals surface area contributed by atoms with Crippen LogP contribution in [0.5, 0.6) is 0 Å². The minimum absolute atomic E-state index is 0. The molecular formula is C14H21Cl2FN2. The van der Waals surface area contributed by atoms with Crippen molar-refractivity contribution in [2.24, 2.45) is 5.92 Å². The Morgan fingerprint density at radius 1 is 1.47 bits per heavy atom. The number of halogens is 3. The fourth-order valence-corrected chi connectivity index (χ4v) is 2.75. The molecule has 0 spiro atoms. The summed E-state index contributed by atoms with van der Waals surface area (Å²) in [5.41, 5.74) is 0.990. The highest BCUT2D eigenvalue weighted by molar-refractivity contribution is 6.31. The summed E-state index contributed by atoms with van der Waals surface area (Å²) in [6.07, 6.45) is 2.55. The largest absolute Gasteiger partial charge is 0.316 e. The van der Waals surface area contributed by atoms with Gasteiger partial charge in [0.2, 0.25) is 0 Å². The van der Waals surface area contributed by atoms with Crippen molar-refractivity contribution >= 4 is 24.0 Å². The van der Waals surface area contributed by atoms with E-state index in [1.54, 1.807) is 6.07 Å². The van der Waals surface area contributed by atoms with Gasteiger partial charge in [-0.15, -0.1) is 12.4 Å². The molecule has 0 saturated carbocycles. The molecule has 1 saturated heterocycles. The molecule has 0 bridgehead atoms. The standard InChI is InChI=1S/C14H20ClFN2.ClH/c1-18(9-11-3-2-6-17-8-11)10-12-4-5-13(16)7-14(12)15;/h4-5,7,11,17H,2-3,6,8-10H2,1H3;1H. The maximum absolute atomic E-state index is 13.0. The number of benzene rings is 1. The van der Waals surface area contributed by atoms with Gasteiger partial charge in [-0.05, 0) is 56.6 Å². The molecule has 1 unspecified atom stereocenters. The van der Waals surface area contributed by atoms with E-state index in [9.17, 15) is 4.39 Å². The average Bonchev–Trinajstić information content (AvgIpc) is 2.34. The van der Waals surface area contributed by atoms with E-state index < -0.39 is 0 Å². The van der Waals surface area contributed by atoms with Crippen LogP contribution in [-0.2, 0) is 6.54 Å². The summed E-state index contributed by atoms with van der Waals surface area (Å²) in [6.45, 7) is 4.07. The van der Waals surface area contributed by atoms with Crippen LogP contribution in [0.2, 0.25) is 5.02 Å². The molecule has 1 N–H and O–H groups in total. The molecule has 2 nitrogen and oxygen atoms in total. The molecule has 108 valence electrons. The highest BCUT2D eigenvalue weighted by Gasteiger charge is 2.15. The normalized spacial score (nSPS) is 19.3. The summed E-state index contributed by atoms with van der Waals surface area (Å²) in [6, 6.07) is 4.62. The van der Waals surface area contributed by atoms with Crippen LogP contribution >= 0.6 is 24.0 Å². The second kappa shape index (κ2) is 8.05. The molecule has 2 rings (SSSR count). The first-order valence-electron chi connectivity index (χ1n) is 6.48. The van der Waals surface area contributed by atoms with Gasteiger partial charge in [0.25, 0.3) is 0 Å². The van der Waals surface area contributed by atoms with Crippen molar-refractivity contribution in [1.82, 2.24) is 10.2 Å². The lowest BCUT2D eigenvalue weighted by atomic mass is 9.99. The predicted octanol–water partition coefficient (Wildman–Crippen LogP) is 3.33. The Morgan fingerprint density at radius 3 is 2.89 bits per heavy atom. The minimum Gasteiger partial charge on any atom is -0.316 e. The van der Waals surface area contributed by atoms with Crippen molar-refractivity contribution in [2.45, 2.75) is 19.4 Å². The molecule has 0 aliphatic carbocycles. The molecule has 0 amide bonds. The summed E-state index contributed by atoms with van der Waals surface area (Å²) in [7, 11) is 2.09. The Hall–Kier alpha value is -0.350. The van der Waals surface area contributed by atoms with Crippen molar-refractivity contribution in [1.29, 1.82) is 0 Å². The summed E-state index contributed by atoms with van der Waals surface area (Å²) in [4.78, 5) is 2.26. The van der Waals surface area contributed by atoms with Crippen LogP contribution in [0.1, 0.15) is 18.4 Å². The van der Waals surface area contributed by atoms with E-state index in [2.05, 4.69) is 17.3 Å². The van der Waals surface area contributed by atoms with Crippen LogP contribution in [0.25, 0.3) is 0 Å². The van der Waals surface area contributed by atoms with Crippen LogP contribution in [-0.4, -0.2) is 31.6 Å². The van der Waals surface area contributed by atoms with E-state index in [0.717, 1.165) is 31.7 Å². The van der Waals surface area contributed by atoms with Crippen LogP contribution in [0.15, 0.2) is 18.2 Å². The number of hydrogen-bond acceptors (Lipinski definition) is 2. The number of nitrogens with one attached hydrogen (secondary N) is 1. The van der Waals surface area contributed by atoms with Crippen LogP contribution in [0, 0.1) is 11.7 Å². The molecule has 1 aromatic rings. The van der Waals surface area contributed by atoms with Crippen LogP contribution in [0.3, 0.4) is 0 Å². The van der Waals surface area contributed by atoms with Crippen molar-refractivity contribution in [2.75, 3.05) is 26.7 Å². The first kappa shape index (κ1) is 16.7. The van der Waals surface area contributed by atoms with E-state index >= 15 is 0 Å². The van der Waals surface area contributed by atoms with Gasteiger partial charge in [-0.3, -0.25) is 0 Å². The maximum Gasteiger partial charge on any atom is 0.124 e. The molecular weight excluding hydrogens is 286 g/mol. The maximum atomic E-state index is 13.0. The first-order chi connectivity index (χ1) is 8.65. The molecule has 19 heavy (non-hydrogen) atoms. The predicted molar refractivity (Wildman–Crippen MR) is 80.6 cm³/mol. The fraction of sp³-hybridized carbons (Fsp3) is 0.571. The van der Waals surface area contributed by atoms with E-state index in [-0.39, 0.29) is 18.2 Å². The van der Waals surface area contributed by atoms with E-state index in [1.807, 2.05) is 0 Å². The molecule has 1 fully saturated rings.